The molecule has 290 valence electrons. The van der Waals surface area contributed by atoms with Crippen LogP contribution in [0.5, 0.6) is 11.5 Å². The van der Waals surface area contributed by atoms with Crippen LogP contribution < -0.4 is 19.7 Å². The van der Waals surface area contributed by atoms with Crippen molar-refractivity contribution in [3.8, 4) is 11.5 Å². The van der Waals surface area contributed by atoms with Crippen molar-refractivity contribution in [3.05, 3.63) is 151 Å². The van der Waals surface area contributed by atoms with E-state index in [2.05, 4.69) is 74.3 Å². The standard InChI is InChI=1S/C45H54N4O6/c1-31(2)54-37-18-12-33(13-19-37)24-27-46-41-22-16-35(48(50)51)29-39(41)44(5,6)26-10-9-11-43-45(7,8)40-30-36(49(52)53)17-23-42(40)47(43)28-25-34-14-20-38(21-15-34)55-32(3)4/h9-23,29-32,46H,24-28H2,1-8H3/b10-9+,43-11+. The highest BCUT2D eigenvalue weighted by molar-refractivity contribution is 5.73. The van der Waals surface area contributed by atoms with Crippen LogP contribution in [-0.2, 0) is 23.7 Å². The van der Waals surface area contributed by atoms with Crippen molar-refractivity contribution >= 4 is 22.7 Å². The average molecular weight is 747 g/mol. The van der Waals surface area contributed by atoms with Gasteiger partial charge in [0.1, 0.15) is 11.5 Å². The van der Waals surface area contributed by atoms with Crippen molar-refractivity contribution in [2.75, 3.05) is 23.3 Å². The van der Waals surface area contributed by atoms with Gasteiger partial charge in [-0.15, -0.1) is 0 Å². The van der Waals surface area contributed by atoms with Crippen LogP contribution in [-0.4, -0.2) is 35.1 Å². The van der Waals surface area contributed by atoms with Gasteiger partial charge in [-0.1, -0.05) is 64.1 Å². The van der Waals surface area contributed by atoms with Crippen molar-refractivity contribution in [2.24, 2.45) is 0 Å². The van der Waals surface area contributed by atoms with Crippen molar-refractivity contribution in [2.45, 2.75) is 97.7 Å². The summed E-state index contributed by atoms with van der Waals surface area (Å²) in [6.07, 6.45) is 8.62. The zero-order valence-electron chi connectivity index (χ0n) is 33.3. The Labute approximate surface area is 325 Å². The number of benzene rings is 4. The summed E-state index contributed by atoms with van der Waals surface area (Å²) in [7, 11) is 0. The van der Waals surface area contributed by atoms with Gasteiger partial charge in [0.15, 0.2) is 0 Å². The van der Waals surface area contributed by atoms with Crippen LogP contribution >= 0.6 is 0 Å². The van der Waals surface area contributed by atoms with Gasteiger partial charge in [-0.2, -0.15) is 0 Å². The first kappa shape index (κ1) is 40.5. The Morgan fingerprint density at radius 2 is 1.33 bits per heavy atom. The maximum absolute atomic E-state index is 11.8. The number of anilines is 2. The van der Waals surface area contributed by atoms with Crippen LogP contribution in [0.3, 0.4) is 0 Å². The quantitative estimate of drug-likeness (QED) is 0.0837. The molecule has 10 heteroatoms. The highest BCUT2D eigenvalue weighted by atomic mass is 16.6. The average Bonchev–Trinajstić information content (AvgIpc) is 3.34. The number of nitro groups is 2. The van der Waals surface area contributed by atoms with E-state index >= 15 is 0 Å². The Kier molecular flexibility index (Phi) is 12.7. The summed E-state index contributed by atoms with van der Waals surface area (Å²) in [5.41, 5.74) is 6.16. The molecule has 10 nitrogen and oxygen atoms in total. The second-order valence-corrected chi connectivity index (χ2v) is 15.8. The van der Waals surface area contributed by atoms with E-state index in [0.717, 1.165) is 63.7 Å². The molecule has 0 radical (unpaired) electrons. The van der Waals surface area contributed by atoms with Crippen LogP contribution in [0, 0.1) is 20.2 Å². The number of allylic oxidation sites excluding steroid dienone is 4. The maximum Gasteiger partial charge on any atom is 0.269 e. The van der Waals surface area contributed by atoms with E-state index in [-0.39, 0.29) is 33.4 Å². The summed E-state index contributed by atoms with van der Waals surface area (Å²) >= 11 is 0. The second kappa shape index (κ2) is 17.2. The molecule has 0 saturated heterocycles. The van der Waals surface area contributed by atoms with E-state index in [1.54, 1.807) is 30.3 Å². The molecule has 0 aromatic heterocycles. The molecule has 1 aliphatic heterocycles. The van der Waals surface area contributed by atoms with Gasteiger partial charge in [-0.25, -0.2) is 0 Å². The summed E-state index contributed by atoms with van der Waals surface area (Å²) in [6, 6.07) is 26.4. The maximum atomic E-state index is 11.8. The fraction of sp³-hybridized carbons (Fsp3) is 0.378. The van der Waals surface area contributed by atoms with Crippen molar-refractivity contribution in [1.82, 2.24) is 0 Å². The summed E-state index contributed by atoms with van der Waals surface area (Å²) in [4.78, 5) is 25.2. The first-order valence-corrected chi connectivity index (χ1v) is 19.0. The van der Waals surface area contributed by atoms with Gasteiger partial charge in [-0.05, 0) is 117 Å². The molecule has 1 N–H and O–H groups in total. The van der Waals surface area contributed by atoms with Crippen LogP contribution in [0.1, 0.15) is 84.1 Å². The minimum absolute atomic E-state index is 0.0535. The van der Waals surface area contributed by atoms with Crippen LogP contribution in [0.25, 0.3) is 0 Å². The number of non-ortho nitro benzene ring substituents is 2. The summed E-state index contributed by atoms with van der Waals surface area (Å²) in [5, 5.41) is 27.1. The van der Waals surface area contributed by atoms with E-state index in [0.29, 0.717) is 19.5 Å². The molecule has 0 fully saturated rings. The Balaban J connectivity index is 1.35. The summed E-state index contributed by atoms with van der Waals surface area (Å²) in [5.74, 6) is 1.67. The highest BCUT2D eigenvalue weighted by Crippen LogP contribution is 2.49. The number of nitro benzene ring substituents is 2. The lowest BCUT2D eigenvalue weighted by atomic mass is 9.80. The largest absolute Gasteiger partial charge is 0.491 e. The topological polar surface area (TPSA) is 120 Å². The Bertz CT molecular complexity index is 2030. The lowest BCUT2D eigenvalue weighted by molar-refractivity contribution is -0.385. The van der Waals surface area contributed by atoms with Crippen molar-refractivity contribution in [1.29, 1.82) is 0 Å². The van der Waals surface area contributed by atoms with Crippen molar-refractivity contribution in [3.63, 3.8) is 0 Å². The van der Waals surface area contributed by atoms with Crippen LogP contribution in [0.4, 0.5) is 22.7 Å². The molecule has 0 saturated carbocycles. The smallest absolute Gasteiger partial charge is 0.269 e. The van der Waals surface area contributed by atoms with Gasteiger partial charge >= 0.3 is 0 Å². The number of ether oxygens (including phenoxy) is 2. The molecule has 0 spiro atoms. The van der Waals surface area contributed by atoms with Gasteiger partial charge in [0.25, 0.3) is 11.4 Å². The van der Waals surface area contributed by atoms with E-state index in [1.165, 1.54) is 0 Å². The fourth-order valence-electron chi connectivity index (χ4n) is 7.11. The van der Waals surface area contributed by atoms with Crippen LogP contribution in [0.2, 0.25) is 0 Å². The second-order valence-electron chi connectivity index (χ2n) is 15.8. The van der Waals surface area contributed by atoms with E-state index in [4.69, 9.17) is 9.47 Å². The molecule has 4 aromatic carbocycles. The minimum atomic E-state index is -0.491. The number of nitrogens with one attached hydrogen (secondary N) is 1. The Hall–Kier alpha value is -5.64. The fourth-order valence-corrected chi connectivity index (χ4v) is 7.11. The van der Waals surface area contributed by atoms with E-state index in [1.807, 2.05) is 64.1 Å². The molecule has 1 aliphatic rings. The molecular weight excluding hydrogens is 693 g/mol. The third-order valence-corrected chi connectivity index (χ3v) is 9.99. The van der Waals surface area contributed by atoms with E-state index < -0.39 is 10.8 Å². The predicted octanol–water partition coefficient (Wildman–Crippen LogP) is 10.9. The third kappa shape index (κ3) is 10.1. The number of fused-ring (bicyclic) bond motifs is 1. The Morgan fingerprint density at radius 3 is 1.89 bits per heavy atom. The normalized spacial score (nSPS) is 14.5. The SMILES string of the molecule is CC(C)Oc1ccc(CCNc2ccc([N+](=O)[O-])cc2C(C)(C)C/C=C/C=C2/N(CCc3ccc(OC(C)C)cc3)c3ccc([N+](=O)[O-])cc3C2(C)C)cc1. The number of nitrogens with zero attached hydrogens (tertiary/aromatic N) is 3. The molecule has 5 rings (SSSR count). The van der Waals surface area contributed by atoms with Gasteiger partial charge in [-0.3, -0.25) is 20.2 Å². The zero-order valence-corrected chi connectivity index (χ0v) is 33.3. The molecule has 0 amide bonds. The molecule has 55 heavy (non-hydrogen) atoms. The van der Waals surface area contributed by atoms with Gasteiger partial charge < -0.3 is 19.7 Å². The first-order chi connectivity index (χ1) is 26.0. The van der Waals surface area contributed by atoms with Crippen LogP contribution in [0.15, 0.2) is 109 Å². The molecular formula is C45H54N4O6. The minimum Gasteiger partial charge on any atom is -0.491 e. The molecule has 4 aromatic rings. The first-order valence-electron chi connectivity index (χ1n) is 19.0. The van der Waals surface area contributed by atoms with Gasteiger partial charge in [0, 0.05) is 59.8 Å². The van der Waals surface area contributed by atoms with E-state index in [9.17, 15) is 20.2 Å². The number of rotatable bonds is 17. The summed E-state index contributed by atoms with van der Waals surface area (Å²) < 4.78 is 11.6. The van der Waals surface area contributed by atoms with Gasteiger partial charge in [0.2, 0.25) is 0 Å². The third-order valence-electron chi connectivity index (χ3n) is 9.99. The number of hydrogen-bond acceptors (Lipinski definition) is 8. The van der Waals surface area contributed by atoms with Crippen molar-refractivity contribution < 1.29 is 19.3 Å². The molecule has 0 bridgehead atoms. The predicted molar refractivity (Wildman–Crippen MR) is 222 cm³/mol. The highest BCUT2D eigenvalue weighted by Gasteiger charge is 2.40. The molecule has 0 atom stereocenters. The van der Waals surface area contributed by atoms with Gasteiger partial charge in [0.05, 0.1) is 22.1 Å². The molecule has 0 unspecified atom stereocenters. The molecule has 1 heterocycles. The lowest BCUT2D eigenvalue weighted by Gasteiger charge is -2.28. The monoisotopic (exact) mass is 746 g/mol. The molecule has 0 aliphatic carbocycles. The number of hydrogen-bond donors (Lipinski definition) is 1. The Morgan fingerprint density at radius 1 is 0.782 bits per heavy atom. The summed E-state index contributed by atoms with van der Waals surface area (Å²) in [6.45, 7) is 17.8. The zero-order chi connectivity index (χ0) is 39.9. The lowest BCUT2D eigenvalue weighted by Crippen LogP contribution is -2.28.